The number of aliphatic imine (C=N–C) groups is 1. The molecule has 6 nitrogen and oxygen atoms in total. The summed E-state index contributed by atoms with van der Waals surface area (Å²) >= 11 is 1.71. The van der Waals surface area contributed by atoms with Gasteiger partial charge in [0.05, 0.1) is 0 Å². The van der Waals surface area contributed by atoms with Gasteiger partial charge < -0.3 is 21.3 Å². The largest absolute Gasteiger partial charge is 0.369 e. The molecule has 1 aromatic heterocycles. The van der Waals surface area contributed by atoms with Crippen LogP contribution < -0.4 is 16.4 Å². The summed E-state index contributed by atoms with van der Waals surface area (Å²) in [6.07, 6.45) is 4.07. The minimum Gasteiger partial charge on any atom is -0.369 e. The topological polar surface area (TPSA) is 82.8 Å². The molecular weight excluding hydrogens is 449 g/mol. The predicted octanol–water partition coefficient (Wildman–Crippen LogP) is 2.01. The number of unbranched alkanes of at least 4 members (excludes halogenated alkanes) is 1. The van der Waals surface area contributed by atoms with Crippen molar-refractivity contribution in [2.45, 2.75) is 32.2 Å². The summed E-state index contributed by atoms with van der Waals surface area (Å²) in [5, 5.41) is 10.9. The van der Waals surface area contributed by atoms with E-state index in [4.69, 9.17) is 5.73 Å². The standard InChI is InChI=1S/C17H29N5OS.HI/c1-19-17(21-12-14-6-11-24-13-14)20-7-2-3-8-22-9-4-15(5-10-22)16(18)23;/h6,11,13,15H,2-5,7-10,12H2,1H3,(H2,18,23)(H2,19,20,21);1H. The molecule has 1 aliphatic heterocycles. The number of nitrogens with zero attached hydrogens (tertiary/aromatic N) is 2. The number of amides is 1. The molecule has 0 spiro atoms. The van der Waals surface area contributed by atoms with Crippen molar-refractivity contribution in [1.82, 2.24) is 15.5 Å². The number of hydrogen-bond acceptors (Lipinski definition) is 4. The van der Waals surface area contributed by atoms with Crippen molar-refractivity contribution >= 4 is 47.2 Å². The molecule has 0 aromatic carbocycles. The number of rotatable bonds is 8. The Kier molecular flexibility index (Phi) is 11.1. The summed E-state index contributed by atoms with van der Waals surface area (Å²) in [4.78, 5) is 17.8. The number of thiophene rings is 1. The zero-order chi connectivity index (χ0) is 17.2. The number of nitrogens with two attached hydrogens (primary N) is 1. The second kappa shape index (κ2) is 12.5. The fourth-order valence-electron chi connectivity index (χ4n) is 2.91. The highest BCUT2D eigenvalue weighted by atomic mass is 127. The molecule has 1 aliphatic rings. The Morgan fingerprint density at radius 1 is 1.36 bits per heavy atom. The van der Waals surface area contributed by atoms with Crippen molar-refractivity contribution in [2.24, 2.45) is 16.6 Å². The molecule has 0 atom stereocenters. The SMILES string of the molecule is CN=C(NCCCCN1CCC(C(N)=O)CC1)NCc1ccsc1.I. The maximum Gasteiger partial charge on any atom is 0.220 e. The maximum atomic E-state index is 11.2. The van der Waals surface area contributed by atoms with Crippen molar-refractivity contribution in [3.05, 3.63) is 22.4 Å². The van der Waals surface area contributed by atoms with Crippen LogP contribution >= 0.6 is 35.3 Å². The van der Waals surface area contributed by atoms with E-state index in [-0.39, 0.29) is 35.8 Å². The van der Waals surface area contributed by atoms with Crippen molar-refractivity contribution < 1.29 is 4.79 Å². The number of halogens is 1. The van der Waals surface area contributed by atoms with Gasteiger partial charge in [-0.05, 0) is 67.7 Å². The van der Waals surface area contributed by atoms with Crippen LogP contribution in [0.1, 0.15) is 31.2 Å². The fraction of sp³-hybridized carbons (Fsp3) is 0.647. The van der Waals surface area contributed by atoms with Gasteiger partial charge in [-0.1, -0.05) is 0 Å². The molecular formula is C17H30IN5OS. The number of piperidine rings is 1. The average Bonchev–Trinajstić information content (AvgIpc) is 3.11. The molecule has 142 valence electrons. The van der Waals surface area contributed by atoms with Gasteiger partial charge >= 0.3 is 0 Å². The van der Waals surface area contributed by atoms with E-state index in [1.165, 1.54) is 5.56 Å². The van der Waals surface area contributed by atoms with Gasteiger partial charge in [-0.2, -0.15) is 11.3 Å². The van der Waals surface area contributed by atoms with E-state index in [9.17, 15) is 4.79 Å². The maximum absolute atomic E-state index is 11.2. The second-order valence-corrected chi connectivity index (χ2v) is 6.99. The lowest BCUT2D eigenvalue weighted by molar-refractivity contribution is -0.123. The Bertz CT molecular complexity index is 515. The molecule has 0 radical (unpaired) electrons. The van der Waals surface area contributed by atoms with Crippen molar-refractivity contribution in [3.63, 3.8) is 0 Å². The Balaban J connectivity index is 0.00000312. The Morgan fingerprint density at radius 2 is 2.12 bits per heavy atom. The Morgan fingerprint density at radius 3 is 2.72 bits per heavy atom. The van der Waals surface area contributed by atoms with Crippen LogP contribution in [0.2, 0.25) is 0 Å². The average molecular weight is 479 g/mol. The number of carbonyl (C=O) groups is 1. The minimum absolute atomic E-state index is 0. The smallest absolute Gasteiger partial charge is 0.220 e. The highest BCUT2D eigenvalue weighted by Gasteiger charge is 2.22. The fourth-order valence-corrected chi connectivity index (χ4v) is 3.58. The first-order chi connectivity index (χ1) is 11.7. The summed E-state index contributed by atoms with van der Waals surface area (Å²) in [5.74, 6) is 0.796. The predicted molar refractivity (Wildman–Crippen MR) is 116 cm³/mol. The second-order valence-electron chi connectivity index (χ2n) is 6.21. The molecule has 0 bridgehead atoms. The zero-order valence-corrected chi connectivity index (χ0v) is 18.0. The van der Waals surface area contributed by atoms with E-state index in [0.29, 0.717) is 0 Å². The zero-order valence-electron chi connectivity index (χ0n) is 14.9. The molecule has 25 heavy (non-hydrogen) atoms. The molecule has 2 rings (SSSR count). The summed E-state index contributed by atoms with van der Waals surface area (Å²) in [5.41, 5.74) is 6.65. The lowest BCUT2D eigenvalue weighted by atomic mass is 9.96. The lowest BCUT2D eigenvalue weighted by Gasteiger charge is -2.30. The van der Waals surface area contributed by atoms with Gasteiger partial charge in [0.15, 0.2) is 5.96 Å². The number of carbonyl (C=O) groups excluding carboxylic acids is 1. The lowest BCUT2D eigenvalue weighted by Crippen LogP contribution is -2.39. The van der Waals surface area contributed by atoms with E-state index >= 15 is 0 Å². The van der Waals surface area contributed by atoms with Crippen molar-refractivity contribution in [1.29, 1.82) is 0 Å². The molecule has 1 aromatic rings. The van der Waals surface area contributed by atoms with E-state index in [1.807, 2.05) is 0 Å². The summed E-state index contributed by atoms with van der Waals surface area (Å²) in [6.45, 7) is 4.79. The van der Waals surface area contributed by atoms with Crippen LogP contribution in [0.5, 0.6) is 0 Å². The van der Waals surface area contributed by atoms with Gasteiger partial charge in [0.25, 0.3) is 0 Å². The molecule has 8 heteroatoms. The van der Waals surface area contributed by atoms with Gasteiger partial charge in [0, 0.05) is 26.1 Å². The van der Waals surface area contributed by atoms with E-state index in [0.717, 1.165) is 64.4 Å². The van der Waals surface area contributed by atoms with Crippen LogP contribution in [0.3, 0.4) is 0 Å². The molecule has 1 saturated heterocycles. The van der Waals surface area contributed by atoms with E-state index in [2.05, 4.69) is 37.4 Å². The Hall–Kier alpha value is -0.870. The number of likely N-dealkylation sites (tertiary alicyclic amines) is 1. The third-order valence-electron chi connectivity index (χ3n) is 4.45. The molecule has 0 unspecified atom stereocenters. The highest BCUT2D eigenvalue weighted by Crippen LogP contribution is 2.16. The molecule has 0 aliphatic carbocycles. The van der Waals surface area contributed by atoms with Crippen LogP contribution in [-0.4, -0.2) is 50.0 Å². The highest BCUT2D eigenvalue weighted by molar-refractivity contribution is 14.0. The van der Waals surface area contributed by atoms with Crippen LogP contribution in [0.25, 0.3) is 0 Å². The molecule has 2 heterocycles. The summed E-state index contributed by atoms with van der Waals surface area (Å²) in [7, 11) is 1.80. The first kappa shape index (κ1) is 22.2. The van der Waals surface area contributed by atoms with Gasteiger partial charge in [0.1, 0.15) is 0 Å². The van der Waals surface area contributed by atoms with Crippen molar-refractivity contribution in [2.75, 3.05) is 33.2 Å². The molecule has 4 N–H and O–H groups in total. The van der Waals surface area contributed by atoms with Crippen molar-refractivity contribution in [3.8, 4) is 0 Å². The van der Waals surface area contributed by atoms with Crippen LogP contribution in [-0.2, 0) is 11.3 Å². The first-order valence-corrected chi connectivity index (χ1v) is 9.60. The number of nitrogens with one attached hydrogen (secondary N) is 2. The van der Waals surface area contributed by atoms with E-state index < -0.39 is 0 Å². The molecule has 1 fully saturated rings. The quantitative estimate of drug-likeness (QED) is 0.231. The van der Waals surface area contributed by atoms with E-state index in [1.54, 1.807) is 18.4 Å². The monoisotopic (exact) mass is 479 g/mol. The van der Waals surface area contributed by atoms with Crippen LogP contribution in [0.4, 0.5) is 0 Å². The number of primary amides is 1. The third-order valence-corrected chi connectivity index (χ3v) is 5.18. The van der Waals surface area contributed by atoms with Gasteiger partial charge in [-0.3, -0.25) is 9.79 Å². The van der Waals surface area contributed by atoms with Gasteiger partial charge in [0.2, 0.25) is 5.91 Å². The van der Waals surface area contributed by atoms with Gasteiger partial charge in [-0.15, -0.1) is 24.0 Å². The number of hydrogen-bond donors (Lipinski definition) is 3. The number of guanidine groups is 1. The first-order valence-electron chi connectivity index (χ1n) is 8.66. The minimum atomic E-state index is -0.139. The normalized spacial score (nSPS) is 16.3. The Labute approximate surface area is 171 Å². The molecule has 1 amide bonds. The summed E-state index contributed by atoms with van der Waals surface area (Å²) in [6, 6.07) is 2.12. The van der Waals surface area contributed by atoms with Gasteiger partial charge in [-0.25, -0.2) is 0 Å². The molecule has 0 saturated carbocycles. The van der Waals surface area contributed by atoms with Crippen LogP contribution in [0, 0.1) is 5.92 Å². The van der Waals surface area contributed by atoms with Crippen LogP contribution in [0.15, 0.2) is 21.8 Å². The summed E-state index contributed by atoms with van der Waals surface area (Å²) < 4.78 is 0. The third kappa shape index (κ3) is 8.37.